The number of aliphatic imine (C=N–C) groups is 3. The van der Waals surface area contributed by atoms with Crippen LogP contribution in [0, 0.1) is 34.9 Å². The highest BCUT2D eigenvalue weighted by Gasteiger charge is 2.40. The number of hydrogen-bond donors (Lipinski definition) is 0. The Bertz CT molecular complexity index is 3240. The van der Waals surface area contributed by atoms with Gasteiger partial charge in [-0.05, 0) is 53.2 Å². The number of fused-ring (bicyclic) bond motifs is 12. The van der Waals surface area contributed by atoms with Gasteiger partial charge in [-0.15, -0.1) is 0 Å². The molecule has 11 rings (SSSR count). The standard InChI is InChI=1S/C39H15BF6N6O/c41-27-10-21-24(13-30(27)44)38-50-39-26-15-32(46)31(45)14-25(26)37-49-36-23-12-29(43)28(42)11-22(23)35(48-36)47-16-33(21)51(38)40(52(37)39)53-34-19-7-3-1-5-17(19)9-18-6-2-4-8-20(18)34/h1-15H/b49-36-. The van der Waals surface area contributed by atoms with Gasteiger partial charge in [0.05, 0.1) is 0 Å². The van der Waals surface area contributed by atoms with Crippen molar-refractivity contribution < 1.29 is 31.0 Å². The topological polar surface area (TPSA) is 68.5 Å². The van der Waals surface area contributed by atoms with Crippen LogP contribution in [0.4, 0.5) is 38.0 Å². The van der Waals surface area contributed by atoms with Crippen LogP contribution in [0.15, 0.2) is 111 Å². The van der Waals surface area contributed by atoms with E-state index in [0.29, 0.717) is 16.5 Å². The van der Waals surface area contributed by atoms with Crippen LogP contribution in [-0.2, 0) is 0 Å². The first-order chi connectivity index (χ1) is 25.7. The summed E-state index contributed by atoms with van der Waals surface area (Å²) in [6.07, 6.45) is 0. The van der Waals surface area contributed by atoms with Crippen molar-refractivity contribution in [2.24, 2.45) is 20.0 Å². The fraction of sp³-hybridized carbons (Fsp3) is 0. The summed E-state index contributed by atoms with van der Waals surface area (Å²) in [6.45, 7) is 0. The third-order valence-corrected chi connectivity index (χ3v) is 9.86. The molecule has 3 aliphatic rings. The van der Waals surface area contributed by atoms with Gasteiger partial charge in [-0.25, -0.2) is 41.3 Å². The highest BCUT2D eigenvalue weighted by atomic mass is 19.2. The zero-order chi connectivity index (χ0) is 35.9. The average Bonchev–Trinajstić information content (AvgIpc) is 3.73. The maximum atomic E-state index is 15.1. The molecule has 0 fully saturated rings. The van der Waals surface area contributed by atoms with Gasteiger partial charge < -0.3 is 9.13 Å². The van der Waals surface area contributed by atoms with E-state index in [1.165, 1.54) is 8.96 Å². The third-order valence-electron chi connectivity index (χ3n) is 9.86. The van der Waals surface area contributed by atoms with Crippen LogP contribution in [0.3, 0.4) is 0 Å². The Morgan fingerprint density at radius 2 is 1.04 bits per heavy atom. The molecule has 6 aromatic carbocycles. The number of halogens is 6. The van der Waals surface area contributed by atoms with E-state index in [9.17, 15) is 8.78 Å². The first-order valence-electron chi connectivity index (χ1n) is 16.2. The normalized spacial score (nSPS) is 14.9. The second kappa shape index (κ2) is 10.3. The van der Waals surface area contributed by atoms with E-state index >= 15 is 17.6 Å². The molecule has 8 aromatic rings. The van der Waals surface area contributed by atoms with Gasteiger partial charge in [0.25, 0.3) is 0 Å². The molecular formula is C39H15BF6N6O. The molecule has 0 N–H and O–H groups in total. The van der Waals surface area contributed by atoms with Crippen molar-refractivity contribution in [3.63, 3.8) is 0 Å². The van der Waals surface area contributed by atoms with Crippen molar-refractivity contribution in [3.05, 3.63) is 148 Å². The van der Waals surface area contributed by atoms with Crippen LogP contribution in [0.25, 0.3) is 43.1 Å². The van der Waals surface area contributed by atoms with Gasteiger partial charge in [0, 0.05) is 49.3 Å². The van der Waals surface area contributed by atoms with E-state index in [2.05, 4.69) is 15.9 Å². The van der Waals surface area contributed by atoms with E-state index in [4.69, 9.17) is 14.6 Å². The molecule has 53 heavy (non-hydrogen) atoms. The van der Waals surface area contributed by atoms with Crippen molar-refractivity contribution in [2.75, 3.05) is 0 Å². The van der Waals surface area contributed by atoms with Gasteiger partial charge in [-0.3, -0.25) is 4.48 Å². The Labute approximate surface area is 292 Å². The summed E-state index contributed by atoms with van der Waals surface area (Å²) < 4.78 is 99.8. The monoisotopic (exact) mass is 708 g/mol. The molecule has 3 aliphatic heterocycles. The molecule has 252 valence electrons. The zero-order valence-corrected chi connectivity index (χ0v) is 26.6. The second-order valence-corrected chi connectivity index (χ2v) is 12.8. The lowest BCUT2D eigenvalue weighted by Gasteiger charge is -2.24. The van der Waals surface area contributed by atoms with E-state index in [1.54, 1.807) is 0 Å². The molecular weight excluding hydrogens is 693 g/mol. The van der Waals surface area contributed by atoms with Crippen LogP contribution in [0.1, 0.15) is 11.1 Å². The lowest BCUT2D eigenvalue weighted by Crippen LogP contribution is -2.52. The van der Waals surface area contributed by atoms with Gasteiger partial charge >= 0.3 is 7.19 Å². The second-order valence-electron chi connectivity index (χ2n) is 12.8. The Morgan fingerprint density at radius 3 is 1.68 bits per heavy atom. The first kappa shape index (κ1) is 29.8. The molecule has 7 nitrogen and oxygen atoms in total. The molecule has 4 bridgehead atoms. The lowest BCUT2D eigenvalue weighted by atomic mass is 9.95. The Hall–Kier alpha value is -6.92. The van der Waals surface area contributed by atoms with E-state index in [0.717, 1.165) is 47.2 Å². The molecule has 0 amide bonds. The molecule has 0 unspecified atom stereocenters. The van der Waals surface area contributed by atoms with Crippen molar-refractivity contribution in [3.8, 4) is 5.75 Å². The Morgan fingerprint density at radius 1 is 0.509 bits per heavy atom. The molecule has 14 heteroatoms. The summed E-state index contributed by atoms with van der Waals surface area (Å²) >= 11 is 0. The highest BCUT2D eigenvalue weighted by molar-refractivity contribution is 6.53. The number of hydrogen-bond acceptors (Lipinski definition) is 5. The molecule has 0 saturated heterocycles. The molecule has 0 spiro atoms. The maximum absolute atomic E-state index is 15.1. The molecule has 0 radical (unpaired) electrons. The summed E-state index contributed by atoms with van der Waals surface area (Å²) in [5.41, 5.74) is 0.213. The van der Waals surface area contributed by atoms with Crippen LogP contribution >= 0.6 is 0 Å². The fourth-order valence-electron chi connectivity index (χ4n) is 7.49. The molecule has 5 heterocycles. The SMILES string of the molecule is Fc1cc2c(cc1F)/C1=N/c3c4cc(F)c(F)cc4c4n3B(Oc3c5ccccc5cc5ccccc35)n3c(c5cc(F)c(F)cc5c3=N4)=C=NC2=N1. The van der Waals surface area contributed by atoms with E-state index in [1.807, 2.05) is 54.6 Å². The number of nitrogens with zero attached hydrogens (tertiary/aromatic N) is 6. The van der Waals surface area contributed by atoms with E-state index in [-0.39, 0.29) is 66.8 Å². The van der Waals surface area contributed by atoms with Crippen molar-refractivity contribution in [1.29, 1.82) is 0 Å². The van der Waals surface area contributed by atoms with Crippen LogP contribution in [0.5, 0.6) is 5.75 Å². The summed E-state index contributed by atoms with van der Waals surface area (Å²) in [5, 5.41) is 3.61. The zero-order valence-electron chi connectivity index (χ0n) is 26.6. The molecule has 0 saturated carbocycles. The minimum absolute atomic E-state index is 0.0310. The smallest absolute Gasteiger partial charge is 0.521 e. The maximum Gasteiger partial charge on any atom is 0.632 e. The summed E-state index contributed by atoms with van der Waals surface area (Å²) in [5.74, 6) is -3.95. The van der Waals surface area contributed by atoms with E-state index < -0.39 is 42.1 Å². The largest absolute Gasteiger partial charge is 0.632 e. The lowest BCUT2D eigenvalue weighted by molar-refractivity contribution is 0.508. The number of aromatic nitrogens is 2. The quantitative estimate of drug-likeness (QED) is 0.103. The van der Waals surface area contributed by atoms with Crippen molar-refractivity contribution >= 4 is 79.5 Å². The van der Waals surface area contributed by atoms with Gasteiger partial charge in [-0.1, -0.05) is 48.5 Å². The van der Waals surface area contributed by atoms with Gasteiger partial charge in [0.15, 0.2) is 46.6 Å². The number of amidine groups is 2. The van der Waals surface area contributed by atoms with Crippen LogP contribution < -0.4 is 15.5 Å². The average molecular weight is 708 g/mol. The molecule has 2 aromatic heterocycles. The van der Waals surface area contributed by atoms with Crippen molar-refractivity contribution in [1.82, 2.24) is 8.96 Å². The Kier molecular flexibility index (Phi) is 5.81. The summed E-state index contributed by atoms with van der Waals surface area (Å²) in [7, 11) is -1.35. The summed E-state index contributed by atoms with van der Waals surface area (Å²) in [6, 6.07) is 22.8. The van der Waals surface area contributed by atoms with Crippen LogP contribution in [0.2, 0.25) is 0 Å². The third kappa shape index (κ3) is 4.03. The Balaban J connectivity index is 1.36. The number of benzene rings is 6. The van der Waals surface area contributed by atoms with Crippen molar-refractivity contribution in [2.45, 2.75) is 0 Å². The first-order valence-corrected chi connectivity index (χ1v) is 16.2. The highest BCUT2D eigenvalue weighted by Crippen LogP contribution is 2.43. The molecule has 0 atom stereocenters. The molecule has 0 aliphatic carbocycles. The predicted octanol–water partition coefficient (Wildman–Crippen LogP) is 7.66. The minimum atomic E-state index is -1.35. The fourth-order valence-corrected chi connectivity index (χ4v) is 7.49. The minimum Gasteiger partial charge on any atom is -0.521 e. The van der Waals surface area contributed by atoms with Crippen LogP contribution in [-0.4, -0.2) is 33.7 Å². The summed E-state index contributed by atoms with van der Waals surface area (Å²) in [4.78, 5) is 18.6. The van der Waals surface area contributed by atoms with Gasteiger partial charge in [0.1, 0.15) is 28.2 Å². The van der Waals surface area contributed by atoms with Gasteiger partial charge in [0.2, 0.25) is 0 Å². The van der Waals surface area contributed by atoms with Gasteiger partial charge in [-0.2, -0.15) is 4.99 Å². The number of rotatable bonds is 2. The predicted molar refractivity (Wildman–Crippen MR) is 188 cm³/mol.